The summed E-state index contributed by atoms with van der Waals surface area (Å²) in [5, 5.41) is 0. The summed E-state index contributed by atoms with van der Waals surface area (Å²) in [5.74, 6) is 1.68. The molecule has 0 aromatic carbocycles. The average Bonchev–Trinajstić information content (AvgIpc) is 3.08. The number of aromatic nitrogens is 1. The van der Waals surface area contributed by atoms with Crippen LogP contribution in [0.4, 0.5) is 0 Å². The molecule has 3 aliphatic rings. The molecule has 0 aliphatic carbocycles. The van der Waals surface area contributed by atoms with Gasteiger partial charge >= 0.3 is 0 Å². The fraction of sp³-hybridized carbons (Fsp3) is 0.667. The quantitative estimate of drug-likeness (QED) is 0.846. The molecule has 2 bridgehead atoms. The second-order valence-corrected chi connectivity index (χ2v) is 7.33. The maximum absolute atomic E-state index is 12.6. The first-order valence-corrected chi connectivity index (χ1v) is 8.75. The van der Waals surface area contributed by atoms with Gasteiger partial charge in [-0.3, -0.25) is 14.7 Å². The van der Waals surface area contributed by atoms with Crippen molar-refractivity contribution in [2.24, 2.45) is 17.8 Å². The molecule has 23 heavy (non-hydrogen) atoms. The fourth-order valence-electron chi connectivity index (χ4n) is 4.43. The van der Waals surface area contributed by atoms with Gasteiger partial charge in [0, 0.05) is 51.7 Å². The molecule has 0 N–H and O–H groups in total. The Bertz CT molecular complexity index is 530. The Labute approximate surface area is 137 Å². The summed E-state index contributed by atoms with van der Waals surface area (Å²) in [4.78, 5) is 21.5. The van der Waals surface area contributed by atoms with Gasteiger partial charge < -0.3 is 9.64 Å². The minimum Gasteiger partial charge on any atom is -0.381 e. The first-order valence-electron chi connectivity index (χ1n) is 8.75. The third-order valence-corrected chi connectivity index (χ3v) is 5.38. The van der Waals surface area contributed by atoms with Crippen LogP contribution < -0.4 is 0 Å². The summed E-state index contributed by atoms with van der Waals surface area (Å²) in [6.45, 7) is 6.39. The number of hydrogen-bond donors (Lipinski definition) is 0. The van der Waals surface area contributed by atoms with Crippen molar-refractivity contribution in [2.75, 3.05) is 39.4 Å². The van der Waals surface area contributed by atoms with Crippen LogP contribution in [-0.2, 0) is 16.1 Å². The molecule has 0 radical (unpaired) electrons. The van der Waals surface area contributed by atoms with Gasteiger partial charge in [-0.25, -0.2) is 0 Å². The molecule has 1 aromatic heterocycles. The number of nitrogens with zero attached hydrogens (tertiary/aromatic N) is 3. The van der Waals surface area contributed by atoms with Crippen molar-refractivity contribution in [1.29, 1.82) is 0 Å². The van der Waals surface area contributed by atoms with E-state index in [2.05, 4.69) is 20.9 Å². The van der Waals surface area contributed by atoms with Gasteiger partial charge in [0.2, 0.25) is 5.91 Å². The molecular weight excluding hydrogens is 290 g/mol. The van der Waals surface area contributed by atoms with E-state index in [1.165, 1.54) is 12.0 Å². The number of piperidine rings is 2. The molecule has 4 heterocycles. The third-order valence-electron chi connectivity index (χ3n) is 5.38. The smallest absolute Gasteiger partial charge is 0.228 e. The van der Waals surface area contributed by atoms with Gasteiger partial charge in [0.25, 0.3) is 0 Å². The van der Waals surface area contributed by atoms with E-state index in [4.69, 9.17) is 4.74 Å². The van der Waals surface area contributed by atoms with Crippen LogP contribution in [0.1, 0.15) is 18.4 Å². The van der Waals surface area contributed by atoms with E-state index in [0.29, 0.717) is 24.3 Å². The third kappa shape index (κ3) is 3.40. The molecule has 3 atom stereocenters. The van der Waals surface area contributed by atoms with E-state index in [1.807, 2.05) is 18.5 Å². The molecule has 0 saturated carbocycles. The number of carbonyl (C=O) groups excluding carboxylic acids is 1. The number of amides is 1. The molecule has 0 spiro atoms. The highest BCUT2D eigenvalue weighted by Gasteiger charge is 2.38. The zero-order valence-electron chi connectivity index (χ0n) is 13.6. The lowest BCUT2D eigenvalue weighted by molar-refractivity contribution is -0.140. The van der Waals surface area contributed by atoms with Crippen LogP contribution in [0, 0.1) is 17.8 Å². The molecular formula is C18H25N3O2. The number of pyridine rings is 1. The Hall–Kier alpha value is -1.46. The topological polar surface area (TPSA) is 45.7 Å². The predicted molar refractivity (Wildman–Crippen MR) is 86.6 cm³/mol. The van der Waals surface area contributed by atoms with Crippen molar-refractivity contribution in [2.45, 2.75) is 19.4 Å². The van der Waals surface area contributed by atoms with E-state index < -0.39 is 0 Å². The lowest BCUT2D eigenvalue weighted by atomic mass is 9.84. The Kier molecular flexibility index (Phi) is 4.31. The van der Waals surface area contributed by atoms with Crippen LogP contribution >= 0.6 is 0 Å². The Morgan fingerprint density at radius 3 is 2.74 bits per heavy atom. The zero-order chi connectivity index (χ0) is 15.6. The normalized spacial score (nSPS) is 31.3. The highest BCUT2D eigenvalue weighted by atomic mass is 16.5. The summed E-state index contributed by atoms with van der Waals surface area (Å²) in [6, 6.07) is 4.15. The maximum atomic E-state index is 12.6. The van der Waals surface area contributed by atoms with E-state index in [0.717, 1.165) is 45.8 Å². The number of ether oxygens (including phenoxy) is 1. The molecule has 3 saturated heterocycles. The van der Waals surface area contributed by atoms with Gasteiger partial charge in [0.05, 0.1) is 12.5 Å². The molecule has 5 nitrogen and oxygen atoms in total. The Balaban J connectivity index is 1.36. The van der Waals surface area contributed by atoms with Crippen LogP contribution in [0.2, 0.25) is 0 Å². The van der Waals surface area contributed by atoms with Crippen LogP contribution in [0.15, 0.2) is 24.5 Å². The van der Waals surface area contributed by atoms with Gasteiger partial charge in [-0.2, -0.15) is 0 Å². The number of rotatable bonds is 3. The first kappa shape index (κ1) is 15.1. The standard InChI is InChI=1S/C18H25N3O2/c22-18(17-3-5-23-13-17)21-11-15-6-16(12-21)10-20(9-15)8-14-2-1-4-19-7-14/h1-2,4,7,15-17H,3,5-6,8-13H2. The summed E-state index contributed by atoms with van der Waals surface area (Å²) in [5.41, 5.74) is 1.28. The molecule has 124 valence electrons. The summed E-state index contributed by atoms with van der Waals surface area (Å²) >= 11 is 0. The van der Waals surface area contributed by atoms with Crippen molar-refractivity contribution >= 4 is 5.91 Å². The van der Waals surface area contributed by atoms with Crippen molar-refractivity contribution in [3.63, 3.8) is 0 Å². The van der Waals surface area contributed by atoms with Crippen LogP contribution in [-0.4, -0.2) is 60.1 Å². The number of likely N-dealkylation sites (tertiary alicyclic amines) is 2. The second kappa shape index (κ2) is 6.57. The minimum absolute atomic E-state index is 0.111. The monoisotopic (exact) mass is 315 g/mol. The second-order valence-electron chi connectivity index (χ2n) is 7.33. The maximum Gasteiger partial charge on any atom is 0.228 e. The van der Waals surface area contributed by atoms with Gasteiger partial charge in [0.1, 0.15) is 0 Å². The van der Waals surface area contributed by atoms with Crippen molar-refractivity contribution < 1.29 is 9.53 Å². The lowest BCUT2D eigenvalue weighted by Gasteiger charge is -2.46. The lowest BCUT2D eigenvalue weighted by Crippen LogP contribution is -2.54. The Morgan fingerprint density at radius 1 is 1.26 bits per heavy atom. The first-order chi connectivity index (χ1) is 11.3. The molecule has 1 aromatic rings. The van der Waals surface area contributed by atoms with E-state index >= 15 is 0 Å². The van der Waals surface area contributed by atoms with Crippen molar-refractivity contribution in [1.82, 2.24) is 14.8 Å². The summed E-state index contributed by atoms with van der Waals surface area (Å²) in [7, 11) is 0. The van der Waals surface area contributed by atoms with Gasteiger partial charge in [-0.1, -0.05) is 6.07 Å². The molecule has 1 amide bonds. The number of fused-ring (bicyclic) bond motifs is 2. The largest absolute Gasteiger partial charge is 0.381 e. The number of carbonyl (C=O) groups is 1. The van der Waals surface area contributed by atoms with Crippen molar-refractivity contribution in [3.8, 4) is 0 Å². The summed E-state index contributed by atoms with van der Waals surface area (Å²) in [6.07, 6.45) is 5.96. The van der Waals surface area contributed by atoms with E-state index in [9.17, 15) is 4.79 Å². The molecule has 5 heteroatoms. The van der Waals surface area contributed by atoms with Crippen LogP contribution in [0.25, 0.3) is 0 Å². The molecule has 3 fully saturated rings. The summed E-state index contributed by atoms with van der Waals surface area (Å²) < 4.78 is 5.38. The van der Waals surface area contributed by atoms with Crippen LogP contribution in [0.3, 0.4) is 0 Å². The van der Waals surface area contributed by atoms with Crippen LogP contribution in [0.5, 0.6) is 0 Å². The van der Waals surface area contributed by atoms with E-state index in [-0.39, 0.29) is 5.92 Å². The van der Waals surface area contributed by atoms with Crippen molar-refractivity contribution in [3.05, 3.63) is 30.1 Å². The van der Waals surface area contributed by atoms with Gasteiger partial charge in [-0.15, -0.1) is 0 Å². The average molecular weight is 315 g/mol. The number of hydrogen-bond acceptors (Lipinski definition) is 4. The van der Waals surface area contributed by atoms with E-state index in [1.54, 1.807) is 0 Å². The van der Waals surface area contributed by atoms with Gasteiger partial charge in [-0.05, 0) is 36.3 Å². The van der Waals surface area contributed by atoms with Gasteiger partial charge in [0.15, 0.2) is 0 Å². The predicted octanol–water partition coefficient (Wildman–Crippen LogP) is 1.40. The molecule has 3 unspecified atom stereocenters. The highest BCUT2D eigenvalue weighted by molar-refractivity contribution is 5.79. The SMILES string of the molecule is O=C(C1CCOC1)N1CC2CC(CN(Cc3cccnc3)C2)C1. The highest BCUT2D eigenvalue weighted by Crippen LogP contribution is 2.31. The molecule has 3 aliphatic heterocycles. The molecule has 4 rings (SSSR count). The minimum atomic E-state index is 0.111. The Morgan fingerprint density at radius 2 is 2.09 bits per heavy atom. The fourth-order valence-corrected chi connectivity index (χ4v) is 4.43. The zero-order valence-corrected chi connectivity index (χ0v) is 13.6.